The number of nitrogens with one attached hydrogen (secondary N) is 2. The van der Waals surface area contributed by atoms with Crippen molar-refractivity contribution in [1.82, 2.24) is 10.6 Å². The van der Waals surface area contributed by atoms with Crippen LogP contribution in [0.5, 0.6) is 0 Å². The Morgan fingerprint density at radius 1 is 1.21 bits per heavy atom. The molecule has 1 aliphatic rings. The molecule has 1 unspecified atom stereocenters. The molecule has 2 heteroatoms. The summed E-state index contributed by atoms with van der Waals surface area (Å²) in [6, 6.07) is 0. The van der Waals surface area contributed by atoms with Crippen LogP contribution in [0.3, 0.4) is 0 Å². The van der Waals surface area contributed by atoms with Gasteiger partial charge in [-0.2, -0.15) is 0 Å². The first-order chi connectivity index (χ1) is 6.77. The average Bonchev–Trinajstić information content (AvgIpc) is 2.59. The van der Waals surface area contributed by atoms with Crippen LogP contribution in [0.15, 0.2) is 0 Å². The highest BCUT2D eigenvalue weighted by atomic mass is 15.1. The number of hydrogen-bond acceptors (Lipinski definition) is 2. The predicted molar refractivity (Wildman–Crippen MR) is 62.7 cm³/mol. The standard InChI is InChI=1S/C12H26N2/c1-3-4-5-6-7-9-14-12(2)8-10-13-11-12/h13-14H,3-11H2,1-2H3. The third-order valence-electron chi connectivity index (χ3n) is 3.20. The largest absolute Gasteiger partial charge is 0.315 e. The van der Waals surface area contributed by atoms with E-state index < -0.39 is 0 Å². The molecule has 2 N–H and O–H groups in total. The summed E-state index contributed by atoms with van der Waals surface area (Å²) in [5.41, 5.74) is 0.380. The van der Waals surface area contributed by atoms with Gasteiger partial charge in [-0.15, -0.1) is 0 Å². The van der Waals surface area contributed by atoms with Crippen LogP contribution in [0.2, 0.25) is 0 Å². The Morgan fingerprint density at radius 3 is 2.64 bits per heavy atom. The third kappa shape index (κ3) is 4.43. The average molecular weight is 198 g/mol. The maximum Gasteiger partial charge on any atom is 0.0289 e. The maximum atomic E-state index is 3.67. The van der Waals surface area contributed by atoms with Crippen molar-refractivity contribution in [2.24, 2.45) is 0 Å². The summed E-state index contributed by atoms with van der Waals surface area (Å²) in [7, 11) is 0. The van der Waals surface area contributed by atoms with Crippen molar-refractivity contribution in [1.29, 1.82) is 0 Å². The summed E-state index contributed by atoms with van der Waals surface area (Å²) in [5, 5.41) is 7.08. The van der Waals surface area contributed by atoms with Gasteiger partial charge in [-0.1, -0.05) is 32.6 Å². The Hall–Kier alpha value is -0.0800. The van der Waals surface area contributed by atoms with Gasteiger partial charge < -0.3 is 10.6 Å². The van der Waals surface area contributed by atoms with Crippen molar-refractivity contribution in [3.63, 3.8) is 0 Å². The molecule has 1 heterocycles. The van der Waals surface area contributed by atoms with Crippen LogP contribution in [0.25, 0.3) is 0 Å². The molecule has 0 aliphatic carbocycles. The predicted octanol–water partition coefficient (Wildman–Crippen LogP) is 2.30. The van der Waals surface area contributed by atoms with Gasteiger partial charge in [-0.25, -0.2) is 0 Å². The molecule has 1 aliphatic heterocycles. The van der Waals surface area contributed by atoms with E-state index in [1.165, 1.54) is 51.6 Å². The molecule has 0 spiro atoms. The van der Waals surface area contributed by atoms with Crippen LogP contribution in [-0.2, 0) is 0 Å². The topological polar surface area (TPSA) is 24.1 Å². The quantitative estimate of drug-likeness (QED) is 0.613. The van der Waals surface area contributed by atoms with Gasteiger partial charge >= 0.3 is 0 Å². The molecule has 0 bridgehead atoms. The lowest BCUT2D eigenvalue weighted by Gasteiger charge is -2.24. The highest BCUT2D eigenvalue weighted by molar-refractivity contribution is 4.91. The number of hydrogen-bond donors (Lipinski definition) is 2. The summed E-state index contributed by atoms with van der Waals surface area (Å²) in [4.78, 5) is 0. The highest BCUT2D eigenvalue weighted by Crippen LogP contribution is 2.13. The lowest BCUT2D eigenvalue weighted by atomic mass is 10.0. The van der Waals surface area contributed by atoms with Crippen LogP contribution < -0.4 is 10.6 Å². The summed E-state index contributed by atoms with van der Waals surface area (Å²) in [6.45, 7) is 8.12. The van der Waals surface area contributed by atoms with E-state index in [4.69, 9.17) is 0 Å². The van der Waals surface area contributed by atoms with Crippen LogP contribution in [-0.4, -0.2) is 25.2 Å². The van der Waals surface area contributed by atoms with E-state index in [2.05, 4.69) is 24.5 Å². The second-order valence-corrected chi connectivity index (χ2v) is 4.83. The number of unbranched alkanes of at least 4 members (excludes halogenated alkanes) is 4. The van der Waals surface area contributed by atoms with E-state index in [1.54, 1.807) is 0 Å². The molecular weight excluding hydrogens is 172 g/mol. The molecule has 0 aromatic heterocycles. The van der Waals surface area contributed by atoms with Gasteiger partial charge in [-0.3, -0.25) is 0 Å². The molecule has 0 saturated carbocycles. The Morgan fingerprint density at radius 2 is 2.00 bits per heavy atom. The smallest absolute Gasteiger partial charge is 0.0289 e. The summed E-state index contributed by atoms with van der Waals surface area (Å²) in [5.74, 6) is 0. The maximum absolute atomic E-state index is 3.67. The first-order valence-corrected chi connectivity index (χ1v) is 6.22. The van der Waals surface area contributed by atoms with E-state index >= 15 is 0 Å². The number of rotatable bonds is 7. The Labute approximate surface area is 88.8 Å². The van der Waals surface area contributed by atoms with E-state index in [9.17, 15) is 0 Å². The minimum Gasteiger partial charge on any atom is -0.315 e. The van der Waals surface area contributed by atoms with Crippen molar-refractivity contribution >= 4 is 0 Å². The monoisotopic (exact) mass is 198 g/mol. The summed E-state index contributed by atoms with van der Waals surface area (Å²) < 4.78 is 0. The van der Waals surface area contributed by atoms with Crippen molar-refractivity contribution in [3.8, 4) is 0 Å². The molecule has 1 fully saturated rings. The van der Waals surface area contributed by atoms with E-state index in [-0.39, 0.29) is 0 Å². The molecule has 1 saturated heterocycles. The Kier molecular flexibility index (Phi) is 5.49. The molecule has 0 amide bonds. The summed E-state index contributed by atoms with van der Waals surface area (Å²) in [6.07, 6.45) is 8.17. The molecule has 1 rings (SSSR count). The fourth-order valence-electron chi connectivity index (χ4n) is 2.09. The van der Waals surface area contributed by atoms with E-state index in [0.29, 0.717) is 5.54 Å². The van der Waals surface area contributed by atoms with Crippen molar-refractivity contribution in [3.05, 3.63) is 0 Å². The second kappa shape index (κ2) is 6.41. The molecule has 0 radical (unpaired) electrons. The highest BCUT2D eigenvalue weighted by Gasteiger charge is 2.26. The molecule has 14 heavy (non-hydrogen) atoms. The normalized spacial score (nSPS) is 27.0. The molecule has 84 valence electrons. The van der Waals surface area contributed by atoms with Crippen LogP contribution >= 0.6 is 0 Å². The van der Waals surface area contributed by atoms with Gasteiger partial charge in [0.15, 0.2) is 0 Å². The fourth-order valence-corrected chi connectivity index (χ4v) is 2.09. The van der Waals surface area contributed by atoms with Gasteiger partial charge in [0.1, 0.15) is 0 Å². The van der Waals surface area contributed by atoms with Gasteiger partial charge in [0.05, 0.1) is 0 Å². The van der Waals surface area contributed by atoms with Gasteiger partial charge in [0, 0.05) is 12.1 Å². The van der Waals surface area contributed by atoms with E-state index in [0.717, 1.165) is 6.54 Å². The molecule has 1 atom stereocenters. The minimum absolute atomic E-state index is 0.380. The zero-order valence-corrected chi connectivity index (χ0v) is 9.86. The van der Waals surface area contributed by atoms with Gasteiger partial charge in [0.25, 0.3) is 0 Å². The van der Waals surface area contributed by atoms with Gasteiger partial charge in [0.2, 0.25) is 0 Å². The lowest BCUT2D eigenvalue weighted by molar-refractivity contribution is 0.381. The van der Waals surface area contributed by atoms with Crippen LogP contribution in [0.1, 0.15) is 52.4 Å². The van der Waals surface area contributed by atoms with E-state index in [1.807, 2.05) is 0 Å². The second-order valence-electron chi connectivity index (χ2n) is 4.83. The minimum atomic E-state index is 0.380. The molecule has 0 aromatic carbocycles. The summed E-state index contributed by atoms with van der Waals surface area (Å²) >= 11 is 0. The third-order valence-corrected chi connectivity index (χ3v) is 3.20. The molecule has 0 aromatic rings. The van der Waals surface area contributed by atoms with Crippen molar-refractivity contribution in [2.75, 3.05) is 19.6 Å². The zero-order chi connectivity index (χ0) is 10.3. The zero-order valence-electron chi connectivity index (χ0n) is 9.86. The Balaban J connectivity index is 1.92. The Bertz CT molecular complexity index is 139. The van der Waals surface area contributed by atoms with Crippen LogP contribution in [0.4, 0.5) is 0 Å². The van der Waals surface area contributed by atoms with Crippen molar-refractivity contribution in [2.45, 2.75) is 57.9 Å². The van der Waals surface area contributed by atoms with Crippen LogP contribution in [0, 0.1) is 0 Å². The van der Waals surface area contributed by atoms with Gasteiger partial charge in [-0.05, 0) is 32.9 Å². The van der Waals surface area contributed by atoms with Crippen molar-refractivity contribution < 1.29 is 0 Å². The molecular formula is C12H26N2. The SMILES string of the molecule is CCCCCCCNC1(C)CCNC1. The first kappa shape index (κ1) is 12.0. The lowest BCUT2D eigenvalue weighted by Crippen LogP contribution is -2.44. The first-order valence-electron chi connectivity index (χ1n) is 6.22. The fraction of sp³-hybridized carbons (Fsp3) is 1.00. The molecule has 2 nitrogen and oxygen atoms in total.